The van der Waals surface area contributed by atoms with Gasteiger partial charge in [0, 0.05) is 28.9 Å². The van der Waals surface area contributed by atoms with Crippen molar-refractivity contribution in [2.45, 2.75) is 29.8 Å². The number of nitrogens with zero attached hydrogens (tertiary/aromatic N) is 2. The van der Waals surface area contributed by atoms with E-state index in [0.717, 1.165) is 30.0 Å². The van der Waals surface area contributed by atoms with E-state index in [4.69, 9.17) is 0 Å². The number of pyridine rings is 1. The summed E-state index contributed by atoms with van der Waals surface area (Å²) in [5, 5.41) is 2.87. The first-order valence-corrected chi connectivity index (χ1v) is 11.7. The van der Waals surface area contributed by atoms with E-state index in [9.17, 15) is 13.2 Å². The van der Waals surface area contributed by atoms with E-state index in [1.54, 1.807) is 24.4 Å². The molecule has 0 spiro atoms. The SMILES string of the molecule is CS(=O)(=O)c1nc(C(=O)NCC2(c3cccc(Br)c3)CCC2)c2ccccn12. The van der Waals surface area contributed by atoms with Gasteiger partial charge in [0.2, 0.25) is 15.0 Å². The van der Waals surface area contributed by atoms with Crippen molar-refractivity contribution in [3.05, 3.63) is 64.4 Å². The molecule has 2 aromatic heterocycles. The van der Waals surface area contributed by atoms with Crippen molar-refractivity contribution in [2.75, 3.05) is 12.8 Å². The molecule has 0 aliphatic heterocycles. The summed E-state index contributed by atoms with van der Waals surface area (Å²) in [7, 11) is -3.56. The fraction of sp³-hybridized carbons (Fsp3) is 0.300. The van der Waals surface area contributed by atoms with Crippen LogP contribution in [0, 0.1) is 0 Å². The van der Waals surface area contributed by atoms with Crippen LogP contribution in [-0.2, 0) is 15.3 Å². The summed E-state index contributed by atoms with van der Waals surface area (Å²) in [6.45, 7) is 0.488. The molecule has 1 N–H and O–H groups in total. The molecule has 4 rings (SSSR count). The highest BCUT2D eigenvalue weighted by Gasteiger charge is 2.39. The molecule has 0 atom stereocenters. The fourth-order valence-corrected chi connectivity index (χ4v) is 4.93. The molecular weight excluding hydrogens is 442 g/mol. The van der Waals surface area contributed by atoms with E-state index in [-0.39, 0.29) is 22.2 Å². The van der Waals surface area contributed by atoms with Crippen LogP contribution < -0.4 is 5.32 Å². The zero-order valence-corrected chi connectivity index (χ0v) is 17.8. The van der Waals surface area contributed by atoms with Crippen molar-refractivity contribution in [1.29, 1.82) is 0 Å². The van der Waals surface area contributed by atoms with Crippen LogP contribution in [0.15, 0.2) is 58.3 Å². The fourth-order valence-electron chi connectivity index (χ4n) is 3.76. The Balaban J connectivity index is 1.63. The standard InChI is InChI=1S/C20H20BrN3O3S/c1-28(26,27)19-23-17(16-8-2-3-11-24(16)19)18(25)22-13-20(9-5-10-20)14-6-4-7-15(21)12-14/h2-4,6-8,11-12H,5,9-10,13H2,1H3,(H,22,25). The normalized spacial score (nSPS) is 15.9. The highest BCUT2D eigenvalue weighted by atomic mass is 79.9. The maximum absolute atomic E-state index is 12.9. The largest absolute Gasteiger partial charge is 0.350 e. The quantitative estimate of drug-likeness (QED) is 0.631. The van der Waals surface area contributed by atoms with E-state index >= 15 is 0 Å². The van der Waals surface area contributed by atoms with Gasteiger partial charge in [-0.2, -0.15) is 0 Å². The second-order valence-electron chi connectivity index (χ2n) is 7.30. The monoisotopic (exact) mass is 461 g/mol. The number of sulfone groups is 1. The summed E-state index contributed by atoms with van der Waals surface area (Å²) in [5.41, 5.74) is 1.71. The average Bonchev–Trinajstić information content (AvgIpc) is 3.01. The maximum atomic E-state index is 12.9. The summed E-state index contributed by atoms with van der Waals surface area (Å²) in [6, 6.07) is 13.3. The molecule has 1 aliphatic rings. The van der Waals surface area contributed by atoms with Gasteiger partial charge in [-0.1, -0.05) is 40.5 Å². The van der Waals surface area contributed by atoms with E-state index in [0.29, 0.717) is 12.1 Å². The van der Waals surface area contributed by atoms with Gasteiger partial charge < -0.3 is 5.32 Å². The van der Waals surface area contributed by atoms with E-state index < -0.39 is 9.84 Å². The number of fused-ring (bicyclic) bond motifs is 1. The molecule has 1 fully saturated rings. The van der Waals surface area contributed by atoms with Crippen LogP contribution >= 0.6 is 15.9 Å². The molecule has 1 saturated carbocycles. The van der Waals surface area contributed by atoms with Crippen molar-refractivity contribution >= 4 is 37.2 Å². The van der Waals surface area contributed by atoms with E-state index in [1.165, 1.54) is 9.96 Å². The summed E-state index contributed by atoms with van der Waals surface area (Å²) in [5.74, 6) is -0.361. The minimum Gasteiger partial charge on any atom is -0.350 e. The molecule has 2 heterocycles. The number of benzene rings is 1. The third kappa shape index (κ3) is 3.35. The Kier molecular flexibility index (Phi) is 4.79. The lowest BCUT2D eigenvalue weighted by atomic mass is 9.64. The second kappa shape index (κ2) is 7.00. The number of hydrogen-bond acceptors (Lipinski definition) is 4. The average molecular weight is 462 g/mol. The minimum atomic E-state index is -3.56. The van der Waals surface area contributed by atoms with E-state index in [1.807, 2.05) is 12.1 Å². The molecule has 1 aromatic carbocycles. The molecule has 1 amide bonds. The molecule has 0 unspecified atom stereocenters. The Labute approximate surface area is 172 Å². The molecule has 0 bridgehead atoms. The number of imidazole rings is 1. The predicted molar refractivity (Wildman–Crippen MR) is 110 cm³/mol. The summed E-state index contributed by atoms with van der Waals surface area (Å²) in [4.78, 5) is 17.0. The smallest absolute Gasteiger partial charge is 0.272 e. The number of aromatic nitrogens is 2. The van der Waals surface area contributed by atoms with Crippen molar-refractivity contribution in [1.82, 2.24) is 14.7 Å². The van der Waals surface area contributed by atoms with Gasteiger partial charge in [-0.15, -0.1) is 0 Å². The number of rotatable bonds is 5. The van der Waals surface area contributed by atoms with Crippen LogP contribution in [0.1, 0.15) is 35.3 Å². The van der Waals surface area contributed by atoms with Crippen LogP contribution in [0.2, 0.25) is 0 Å². The van der Waals surface area contributed by atoms with Gasteiger partial charge in [0.05, 0.1) is 5.52 Å². The molecule has 146 valence electrons. The Morgan fingerprint density at radius 2 is 2.04 bits per heavy atom. The van der Waals surface area contributed by atoms with Gasteiger partial charge in [-0.25, -0.2) is 13.4 Å². The molecule has 8 heteroatoms. The van der Waals surface area contributed by atoms with Crippen molar-refractivity contribution in [3.63, 3.8) is 0 Å². The highest BCUT2D eigenvalue weighted by Crippen LogP contribution is 2.43. The molecular formula is C20H20BrN3O3S. The van der Waals surface area contributed by atoms with Gasteiger partial charge in [0.25, 0.3) is 5.91 Å². The first kappa shape index (κ1) is 19.1. The van der Waals surface area contributed by atoms with Crippen LogP contribution in [-0.4, -0.2) is 36.5 Å². The third-order valence-corrected chi connectivity index (χ3v) is 6.84. The first-order chi connectivity index (χ1) is 13.3. The zero-order chi connectivity index (χ0) is 19.9. The van der Waals surface area contributed by atoms with Crippen LogP contribution in [0.3, 0.4) is 0 Å². The third-order valence-electron chi connectivity index (χ3n) is 5.40. The molecule has 3 aromatic rings. The molecule has 0 radical (unpaired) electrons. The van der Waals surface area contributed by atoms with Gasteiger partial charge in [0.15, 0.2) is 5.69 Å². The highest BCUT2D eigenvalue weighted by molar-refractivity contribution is 9.10. The first-order valence-electron chi connectivity index (χ1n) is 9.02. The van der Waals surface area contributed by atoms with Gasteiger partial charge in [-0.3, -0.25) is 9.20 Å². The second-order valence-corrected chi connectivity index (χ2v) is 10.1. The summed E-state index contributed by atoms with van der Waals surface area (Å²) < 4.78 is 26.6. The number of amides is 1. The number of hydrogen-bond donors (Lipinski definition) is 1. The van der Waals surface area contributed by atoms with Crippen molar-refractivity contribution in [3.8, 4) is 0 Å². The number of halogens is 1. The van der Waals surface area contributed by atoms with Crippen LogP contribution in [0.25, 0.3) is 5.52 Å². The zero-order valence-electron chi connectivity index (χ0n) is 15.4. The predicted octanol–water partition coefficient (Wildman–Crippen LogP) is 3.35. The minimum absolute atomic E-state index is 0.0886. The summed E-state index contributed by atoms with van der Waals surface area (Å²) in [6.07, 6.45) is 5.82. The van der Waals surface area contributed by atoms with E-state index in [2.05, 4.69) is 38.4 Å². The molecule has 6 nitrogen and oxygen atoms in total. The Bertz CT molecular complexity index is 1170. The lowest BCUT2D eigenvalue weighted by molar-refractivity contribution is 0.0924. The van der Waals surface area contributed by atoms with Gasteiger partial charge in [0.1, 0.15) is 0 Å². The Morgan fingerprint density at radius 3 is 2.68 bits per heavy atom. The van der Waals surface area contributed by atoms with Crippen LogP contribution in [0.4, 0.5) is 0 Å². The van der Waals surface area contributed by atoms with Crippen molar-refractivity contribution < 1.29 is 13.2 Å². The number of carbonyl (C=O) groups excluding carboxylic acids is 1. The molecule has 28 heavy (non-hydrogen) atoms. The molecule has 0 saturated heterocycles. The Morgan fingerprint density at radius 1 is 1.25 bits per heavy atom. The maximum Gasteiger partial charge on any atom is 0.272 e. The topological polar surface area (TPSA) is 80.5 Å². The Hall–Kier alpha value is -2.19. The summed E-state index contributed by atoms with van der Waals surface area (Å²) >= 11 is 3.52. The molecule has 1 aliphatic carbocycles. The van der Waals surface area contributed by atoms with Crippen molar-refractivity contribution in [2.24, 2.45) is 0 Å². The lowest BCUT2D eigenvalue weighted by Crippen LogP contribution is -2.45. The number of nitrogens with one attached hydrogen (secondary N) is 1. The number of carbonyl (C=O) groups is 1. The van der Waals surface area contributed by atoms with Crippen LogP contribution in [0.5, 0.6) is 0 Å². The van der Waals surface area contributed by atoms with Gasteiger partial charge >= 0.3 is 0 Å². The van der Waals surface area contributed by atoms with Gasteiger partial charge in [-0.05, 0) is 42.7 Å². The lowest BCUT2D eigenvalue weighted by Gasteiger charge is -2.42.